The minimum Gasteiger partial charge on any atom is -0.0617 e. The molecular formula is C27H42. The molecule has 27 heavy (non-hydrogen) atoms. The molecule has 4 rings (SSSR count). The highest BCUT2D eigenvalue weighted by atomic mass is 14.3. The van der Waals surface area contributed by atoms with Crippen molar-refractivity contribution < 1.29 is 0 Å². The van der Waals surface area contributed by atoms with Gasteiger partial charge >= 0.3 is 0 Å². The minimum absolute atomic E-state index is 0.858. The van der Waals surface area contributed by atoms with Crippen molar-refractivity contribution in [3.63, 3.8) is 0 Å². The lowest BCUT2D eigenvalue weighted by atomic mass is 9.75. The Morgan fingerprint density at radius 3 is 1.11 bits per heavy atom. The lowest BCUT2D eigenvalue weighted by Crippen LogP contribution is -2.13. The number of hydrogen-bond acceptors (Lipinski definition) is 0. The second-order valence-corrected chi connectivity index (χ2v) is 9.92. The summed E-state index contributed by atoms with van der Waals surface area (Å²) in [5.74, 6) is 2.58. The molecule has 0 spiro atoms. The van der Waals surface area contributed by atoms with Crippen LogP contribution in [0.3, 0.4) is 0 Å². The number of hydrogen-bond donors (Lipinski definition) is 0. The Labute approximate surface area is 168 Å². The van der Waals surface area contributed by atoms with Crippen molar-refractivity contribution in [1.29, 1.82) is 0 Å². The molecule has 0 nitrogen and oxygen atoms in total. The van der Waals surface area contributed by atoms with Gasteiger partial charge in [-0.2, -0.15) is 0 Å². The van der Waals surface area contributed by atoms with E-state index in [1.54, 1.807) is 0 Å². The summed E-state index contributed by atoms with van der Waals surface area (Å²) in [7, 11) is 0. The molecule has 0 amide bonds. The Hall–Kier alpha value is -0.780. The van der Waals surface area contributed by atoms with Crippen LogP contribution in [0.2, 0.25) is 0 Å². The zero-order valence-electron chi connectivity index (χ0n) is 17.7. The maximum Gasteiger partial charge on any atom is -0.0156 e. The summed E-state index contributed by atoms with van der Waals surface area (Å²) in [5, 5.41) is 0. The quantitative estimate of drug-likeness (QED) is 0.468. The first-order valence-electron chi connectivity index (χ1n) is 12.6. The lowest BCUT2D eigenvalue weighted by Gasteiger charge is -2.30. The summed E-state index contributed by atoms with van der Waals surface area (Å²) in [6, 6.07) is 7.58. The summed E-state index contributed by atoms with van der Waals surface area (Å²) in [4.78, 5) is 0. The fourth-order valence-electron chi connectivity index (χ4n) is 6.53. The fourth-order valence-corrected chi connectivity index (χ4v) is 6.53. The highest BCUT2D eigenvalue weighted by molar-refractivity contribution is 5.42. The maximum atomic E-state index is 2.57. The van der Waals surface area contributed by atoms with Crippen LogP contribution in [0.5, 0.6) is 0 Å². The molecule has 0 bridgehead atoms. The van der Waals surface area contributed by atoms with Gasteiger partial charge < -0.3 is 0 Å². The predicted molar refractivity (Wildman–Crippen MR) is 118 cm³/mol. The maximum absolute atomic E-state index is 2.57. The first-order chi connectivity index (χ1) is 13.4. The van der Waals surface area contributed by atoms with Gasteiger partial charge in [0.2, 0.25) is 0 Å². The Morgan fingerprint density at radius 1 is 0.407 bits per heavy atom. The van der Waals surface area contributed by atoms with E-state index in [0.717, 1.165) is 17.8 Å². The minimum atomic E-state index is 0.858. The summed E-state index contributed by atoms with van der Waals surface area (Å²) >= 11 is 0. The molecule has 3 aliphatic carbocycles. The van der Waals surface area contributed by atoms with Crippen molar-refractivity contribution in [3.8, 4) is 0 Å². The molecule has 0 atom stereocenters. The highest BCUT2D eigenvalue weighted by Gasteiger charge is 2.28. The molecule has 0 radical (unpaired) electrons. The average molecular weight is 367 g/mol. The summed E-state index contributed by atoms with van der Waals surface area (Å²) < 4.78 is 0. The van der Waals surface area contributed by atoms with E-state index in [2.05, 4.69) is 18.2 Å². The van der Waals surface area contributed by atoms with E-state index in [-0.39, 0.29) is 0 Å². The molecule has 0 aromatic heterocycles. The van der Waals surface area contributed by atoms with E-state index < -0.39 is 0 Å². The van der Waals surface area contributed by atoms with Gasteiger partial charge in [-0.05, 0) is 73.0 Å². The standard InChI is InChI=1S/C27H42/c1-2-8-15-22(14-7-1)25-20-13-21-26(23-16-9-3-4-10-17-23)27(25)24-18-11-5-6-12-19-24/h13,20-24H,1-12,14-19H2. The van der Waals surface area contributed by atoms with Gasteiger partial charge in [-0.1, -0.05) is 95.2 Å². The largest absolute Gasteiger partial charge is 0.0617 e. The predicted octanol–water partition coefficient (Wildman–Crippen LogP) is 9.00. The van der Waals surface area contributed by atoms with Crippen molar-refractivity contribution in [2.24, 2.45) is 0 Å². The van der Waals surface area contributed by atoms with Crippen LogP contribution >= 0.6 is 0 Å². The lowest BCUT2D eigenvalue weighted by molar-refractivity contribution is 0.526. The third-order valence-corrected chi connectivity index (χ3v) is 8.03. The molecule has 0 N–H and O–H groups in total. The van der Waals surface area contributed by atoms with Gasteiger partial charge in [0.1, 0.15) is 0 Å². The third kappa shape index (κ3) is 4.99. The van der Waals surface area contributed by atoms with E-state index in [9.17, 15) is 0 Å². The molecular weight excluding hydrogens is 324 g/mol. The van der Waals surface area contributed by atoms with Crippen molar-refractivity contribution in [2.45, 2.75) is 133 Å². The normalized spacial score (nSPS) is 24.9. The van der Waals surface area contributed by atoms with Crippen LogP contribution in [-0.2, 0) is 0 Å². The van der Waals surface area contributed by atoms with Crippen LogP contribution in [0.4, 0.5) is 0 Å². The SMILES string of the molecule is c1cc(C2CCCCCC2)c(C2CCCCCC2)c(C2CCCCCC2)c1. The van der Waals surface area contributed by atoms with Crippen molar-refractivity contribution in [3.05, 3.63) is 34.9 Å². The Morgan fingerprint density at radius 2 is 0.741 bits per heavy atom. The van der Waals surface area contributed by atoms with E-state index in [0.29, 0.717) is 0 Å². The number of benzene rings is 1. The summed E-state index contributed by atoms with van der Waals surface area (Å²) in [5.41, 5.74) is 5.51. The van der Waals surface area contributed by atoms with Crippen molar-refractivity contribution >= 4 is 0 Å². The summed E-state index contributed by atoms with van der Waals surface area (Å²) in [6.45, 7) is 0. The molecule has 0 heteroatoms. The molecule has 150 valence electrons. The van der Waals surface area contributed by atoms with E-state index in [4.69, 9.17) is 0 Å². The van der Waals surface area contributed by atoms with Gasteiger partial charge in [0.15, 0.2) is 0 Å². The molecule has 3 aliphatic rings. The monoisotopic (exact) mass is 366 g/mol. The number of rotatable bonds is 3. The van der Waals surface area contributed by atoms with E-state index in [1.807, 2.05) is 16.7 Å². The molecule has 1 aromatic rings. The van der Waals surface area contributed by atoms with Crippen LogP contribution < -0.4 is 0 Å². The van der Waals surface area contributed by atoms with Crippen LogP contribution in [0, 0.1) is 0 Å². The molecule has 3 saturated carbocycles. The van der Waals surface area contributed by atoms with E-state index in [1.165, 1.54) is 116 Å². The zero-order valence-corrected chi connectivity index (χ0v) is 17.7. The smallest absolute Gasteiger partial charge is 0.0156 e. The Bertz CT molecular complexity index is 509. The average Bonchev–Trinajstić information content (AvgIpc) is 3.23. The van der Waals surface area contributed by atoms with Crippen LogP contribution in [0.1, 0.15) is 150 Å². The van der Waals surface area contributed by atoms with Gasteiger partial charge in [0.05, 0.1) is 0 Å². The van der Waals surface area contributed by atoms with Crippen LogP contribution in [0.25, 0.3) is 0 Å². The van der Waals surface area contributed by atoms with Gasteiger partial charge in [0, 0.05) is 0 Å². The molecule has 0 heterocycles. The van der Waals surface area contributed by atoms with Gasteiger partial charge in [-0.3, -0.25) is 0 Å². The fraction of sp³-hybridized carbons (Fsp3) is 0.778. The van der Waals surface area contributed by atoms with Gasteiger partial charge in [-0.15, -0.1) is 0 Å². The van der Waals surface area contributed by atoms with Gasteiger partial charge in [0.25, 0.3) is 0 Å². The van der Waals surface area contributed by atoms with Gasteiger partial charge in [-0.25, -0.2) is 0 Å². The second-order valence-electron chi connectivity index (χ2n) is 9.92. The first kappa shape index (κ1) is 19.5. The topological polar surface area (TPSA) is 0 Å². The first-order valence-corrected chi connectivity index (χ1v) is 12.6. The van der Waals surface area contributed by atoms with Crippen LogP contribution in [-0.4, -0.2) is 0 Å². The molecule has 0 aliphatic heterocycles. The Balaban J connectivity index is 1.71. The highest BCUT2D eigenvalue weighted by Crippen LogP contribution is 2.45. The Kier molecular flexibility index (Phi) is 7.33. The van der Waals surface area contributed by atoms with Crippen molar-refractivity contribution in [2.75, 3.05) is 0 Å². The molecule has 1 aromatic carbocycles. The van der Waals surface area contributed by atoms with E-state index >= 15 is 0 Å². The zero-order chi connectivity index (χ0) is 18.3. The van der Waals surface area contributed by atoms with Crippen molar-refractivity contribution in [1.82, 2.24) is 0 Å². The molecule has 3 fully saturated rings. The second kappa shape index (κ2) is 10.1. The van der Waals surface area contributed by atoms with Crippen LogP contribution in [0.15, 0.2) is 18.2 Å². The summed E-state index contributed by atoms with van der Waals surface area (Å²) in [6.07, 6.45) is 26.3. The molecule has 0 saturated heterocycles. The third-order valence-electron chi connectivity index (χ3n) is 8.03. The molecule has 0 unspecified atom stereocenters.